The van der Waals surface area contributed by atoms with Crippen LogP contribution in [-0.4, -0.2) is 23.4 Å². The number of halogens is 4. The van der Waals surface area contributed by atoms with E-state index in [1.807, 2.05) is 0 Å². The number of hydrogen-bond donors (Lipinski definition) is 2. The largest absolute Gasteiger partial charge is 0.416 e. The molecular weight excluding hydrogens is 374 g/mol. The molecule has 0 saturated carbocycles. The molecular formula is C21H17F4NO2. The normalized spacial score (nSPS) is 13.9. The summed E-state index contributed by atoms with van der Waals surface area (Å²) in [6.07, 6.45) is -6.57. The third-order valence-corrected chi connectivity index (χ3v) is 4.44. The highest BCUT2D eigenvalue weighted by atomic mass is 19.4. The summed E-state index contributed by atoms with van der Waals surface area (Å²) >= 11 is 0. The van der Waals surface area contributed by atoms with Gasteiger partial charge in [-0.15, -0.1) is 0 Å². The van der Waals surface area contributed by atoms with Gasteiger partial charge in [0.25, 0.3) is 5.91 Å². The van der Waals surface area contributed by atoms with E-state index in [1.54, 1.807) is 36.4 Å². The maximum absolute atomic E-state index is 12.8. The summed E-state index contributed by atoms with van der Waals surface area (Å²) in [6.45, 7) is 1.34. The maximum Gasteiger partial charge on any atom is 0.416 e. The van der Waals surface area contributed by atoms with E-state index in [-0.39, 0.29) is 5.56 Å². The number of aliphatic hydroxyl groups is 1. The number of hydrogen-bond acceptors (Lipinski definition) is 2. The second-order valence-corrected chi connectivity index (χ2v) is 6.45. The average molecular weight is 391 g/mol. The van der Waals surface area contributed by atoms with Crippen LogP contribution < -0.4 is 5.32 Å². The van der Waals surface area contributed by atoms with Gasteiger partial charge in [0.05, 0.1) is 11.6 Å². The monoisotopic (exact) mass is 391 g/mol. The van der Waals surface area contributed by atoms with E-state index in [1.165, 1.54) is 19.1 Å². The van der Waals surface area contributed by atoms with Crippen molar-refractivity contribution in [2.24, 2.45) is 0 Å². The number of benzene rings is 3. The number of alkyl halides is 4. The molecule has 0 saturated heterocycles. The molecule has 2 atom stereocenters. The van der Waals surface area contributed by atoms with Crippen LogP contribution in [0, 0.1) is 0 Å². The third-order valence-electron chi connectivity index (χ3n) is 4.44. The van der Waals surface area contributed by atoms with E-state index < -0.39 is 30.0 Å². The molecule has 3 aromatic carbocycles. The van der Waals surface area contributed by atoms with E-state index in [9.17, 15) is 22.4 Å². The van der Waals surface area contributed by atoms with Crippen molar-refractivity contribution in [3.63, 3.8) is 0 Å². The molecule has 0 aliphatic heterocycles. The molecule has 0 aliphatic rings. The summed E-state index contributed by atoms with van der Waals surface area (Å²) in [4.78, 5) is 12.2. The fourth-order valence-electron chi connectivity index (χ4n) is 2.87. The first-order chi connectivity index (χ1) is 13.2. The molecule has 0 spiro atoms. The van der Waals surface area contributed by atoms with E-state index in [4.69, 9.17) is 5.11 Å². The van der Waals surface area contributed by atoms with Crippen LogP contribution in [0.1, 0.15) is 22.8 Å². The number of carbonyl (C=O) groups is 1. The van der Waals surface area contributed by atoms with Gasteiger partial charge in [0.2, 0.25) is 6.36 Å². The molecule has 146 valence electrons. The molecule has 28 heavy (non-hydrogen) atoms. The lowest BCUT2D eigenvalue weighted by atomic mass is 9.96. The van der Waals surface area contributed by atoms with Crippen molar-refractivity contribution >= 4 is 16.7 Å². The summed E-state index contributed by atoms with van der Waals surface area (Å²) in [6, 6.07) is 13.9. The van der Waals surface area contributed by atoms with Gasteiger partial charge >= 0.3 is 6.18 Å². The predicted octanol–water partition coefficient (Wildman–Crippen LogP) is 4.93. The minimum Gasteiger partial charge on any atom is -0.362 e. The third kappa shape index (κ3) is 4.14. The van der Waals surface area contributed by atoms with Crippen LogP contribution in [0.2, 0.25) is 0 Å². The Balaban J connectivity index is 1.95. The lowest BCUT2D eigenvalue weighted by Gasteiger charge is -2.15. The summed E-state index contributed by atoms with van der Waals surface area (Å²) in [5.41, 5.74) is 0.903. The van der Waals surface area contributed by atoms with E-state index >= 15 is 0 Å². The standard InChI is InChI=1S/C21H17F4NO2/c1-12(19(22)27)26-20(28)15-7-10-18-14(11-15)3-2-4-17(18)13-5-8-16(9-6-13)21(23,24)25/h2-12,19,27H,1H3,(H,26,28)/t12?,19-/m1/s1. The lowest BCUT2D eigenvalue weighted by molar-refractivity contribution is -0.137. The Bertz CT molecular complexity index is 997. The van der Waals surface area contributed by atoms with E-state index in [0.29, 0.717) is 10.9 Å². The Hall–Kier alpha value is -2.93. The first-order valence-electron chi connectivity index (χ1n) is 8.50. The summed E-state index contributed by atoms with van der Waals surface area (Å²) in [5, 5.41) is 12.7. The van der Waals surface area contributed by atoms with Crippen LogP contribution in [0.5, 0.6) is 0 Å². The van der Waals surface area contributed by atoms with Crippen LogP contribution >= 0.6 is 0 Å². The molecule has 0 bridgehead atoms. The number of aliphatic hydroxyl groups excluding tert-OH is 1. The van der Waals surface area contributed by atoms with Crippen LogP contribution in [0.15, 0.2) is 60.7 Å². The molecule has 2 N–H and O–H groups in total. The molecule has 1 amide bonds. The van der Waals surface area contributed by atoms with E-state index in [2.05, 4.69) is 5.32 Å². The zero-order valence-electron chi connectivity index (χ0n) is 14.8. The smallest absolute Gasteiger partial charge is 0.362 e. The zero-order chi connectivity index (χ0) is 20.5. The van der Waals surface area contributed by atoms with Crippen LogP contribution in [0.25, 0.3) is 21.9 Å². The Morgan fingerprint density at radius 2 is 1.71 bits per heavy atom. The molecule has 3 nitrogen and oxygen atoms in total. The minimum absolute atomic E-state index is 0.282. The highest BCUT2D eigenvalue weighted by Gasteiger charge is 2.30. The Morgan fingerprint density at radius 1 is 1.04 bits per heavy atom. The number of fused-ring (bicyclic) bond motifs is 1. The Kier molecular flexibility index (Phi) is 5.38. The van der Waals surface area contributed by atoms with Gasteiger partial charge in [-0.25, -0.2) is 4.39 Å². The molecule has 7 heteroatoms. The summed E-state index contributed by atoms with van der Waals surface area (Å²) in [7, 11) is 0. The molecule has 1 unspecified atom stereocenters. The van der Waals surface area contributed by atoms with Gasteiger partial charge in [-0.05, 0) is 53.1 Å². The van der Waals surface area contributed by atoms with Crippen molar-refractivity contribution in [2.45, 2.75) is 25.5 Å². The van der Waals surface area contributed by atoms with Crippen molar-refractivity contribution < 1.29 is 27.5 Å². The van der Waals surface area contributed by atoms with Crippen LogP contribution in [0.4, 0.5) is 17.6 Å². The maximum atomic E-state index is 12.8. The van der Waals surface area contributed by atoms with Gasteiger partial charge in [-0.1, -0.05) is 36.4 Å². The van der Waals surface area contributed by atoms with Gasteiger partial charge in [0, 0.05) is 5.56 Å². The fraction of sp³-hybridized carbons (Fsp3) is 0.190. The number of amides is 1. The van der Waals surface area contributed by atoms with Crippen LogP contribution in [0.3, 0.4) is 0 Å². The van der Waals surface area contributed by atoms with Gasteiger partial charge < -0.3 is 10.4 Å². The second-order valence-electron chi connectivity index (χ2n) is 6.45. The fourth-order valence-corrected chi connectivity index (χ4v) is 2.87. The van der Waals surface area contributed by atoms with Gasteiger partial charge in [0.15, 0.2) is 0 Å². The van der Waals surface area contributed by atoms with Crippen LogP contribution in [-0.2, 0) is 6.18 Å². The van der Waals surface area contributed by atoms with Crippen molar-refractivity contribution in [3.05, 3.63) is 71.8 Å². The number of nitrogens with one attached hydrogen (secondary N) is 1. The minimum atomic E-state index is -4.40. The molecule has 3 aromatic rings. The van der Waals surface area contributed by atoms with Gasteiger partial charge in [-0.2, -0.15) is 13.2 Å². The summed E-state index contributed by atoms with van der Waals surface area (Å²) in [5.74, 6) is -0.536. The molecule has 0 aliphatic carbocycles. The number of carbonyl (C=O) groups excluding carboxylic acids is 1. The Labute approximate surface area is 158 Å². The summed E-state index contributed by atoms with van der Waals surface area (Å²) < 4.78 is 51.1. The SMILES string of the molecule is CC(NC(=O)c1ccc2c(-c3ccc(C(F)(F)F)cc3)cccc2c1)[C@@H](O)F. The molecule has 0 fully saturated rings. The van der Waals surface area contributed by atoms with E-state index in [0.717, 1.165) is 23.1 Å². The molecule has 0 radical (unpaired) electrons. The topological polar surface area (TPSA) is 49.3 Å². The van der Waals surface area contributed by atoms with Crippen molar-refractivity contribution in [3.8, 4) is 11.1 Å². The average Bonchev–Trinajstić information content (AvgIpc) is 2.66. The first kappa shape index (κ1) is 19.8. The zero-order valence-corrected chi connectivity index (χ0v) is 14.8. The number of rotatable bonds is 4. The van der Waals surface area contributed by atoms with Gasteiger partial charge in [0.1, 0.15) is 0 Å². The van der Waals surface area contributed by atoms with Gasteiger partial charge in [-0.3, -0.25) is 4.79 Å². The van der Waals surface area contributed by atoms with Crippen molar-refractivity contribution in [1.29, 1.82) is 0 Å². The molecule has 0 aromatic heterocycles. The highest BCUT2D eigenvalue weighted by Crippen LogP contribution is 2.33. The molecule has 3 rings (SSSR count). The van der Waals surface area contributed by atoms with Crippen molar-refractivity contribution in [1.82, 2.24) is 5.32 Å². The quantitative estimate of drug-likeness (QED) is 0.620. The van der Waals surface area contributed by atoms with Crippen molar-refractivity contribution in [2.75, 3.05) is 0 Å². The highest BCUT2D eigenvalue weighted by molar-refractivity contribution is 6.02. The lowest BCUT2D eigenvalue weighted by Crippen LogP contribution is -2.39. The molecule has 0 heterocycles. The Morgan fingerprint density at radius 3 is 2.32 bits per heavy atom. The second kappa shape index (κ2) is 7.59. The first-order valence-corrected chi connectivity index (χ1v) is 8.50. The predicted molar refractivity (Wildman–Crippen MR) is 98.4 cm³/mol.